The molecule has 0 bridgehead atoms. The molecule has 1 aromatic carbocycles. The first kappa shape index (κ1) is 15.9. The predicted molar refractivity (Wildman–Crippen MR) is 98.4 cm³/mol. The van der Waals surface area contributed by atoms with E-state index in [0.29, 0.717) is 12.8 Å². The first-order valence-electron chi connectivity index (χ1n) is 9.44. The zero-order chi connectivity index (χ0) is 18.1. The Balaban J connectivity index is 1.78. The predicted octanol–water partition coefficient (Wildman–Crippen LogP) is 3.29. The highest BCUT2D eigenvalue weighted by Gasteiger charge is 2.53. The summed E-state index contributed by atoms with van der Waals surface area (Å²) in [5.74, 6) is -0.248. The minimum atomic E-state index is -0.559. The van der Waals surface area contributed by atoms with E-state index in [-0.39, 0.29) is 17.4 Å². The van der Waals surface area contributed by atoms with Crippen LogP contribution >= 0.6 is 0 Å². The van der Waals surface area contributed by atoms with Crippen LogP contribution in [0.25, 0.3) is 10.9 Å². The second-order valence-electron chi connectivity index (χ2n) is 7.86. The van der Waals surface area contributed by atoms with Crippen LogP contribution in [0.1, 0.15) is 49.7 Å². The molecule has 26 heavy (non-hydrogen) atoms. The number of methoxy groups -OCH3 is 1. The van der Waals surface area contributed by atoms with Gasteiger partial charge in [0.2, 0.25) is 0 Å². The number of aliphatic hydroxyl groups excluding tert-OH is 1. The Morgan fingerprint density at radius 3 is 2.96 bits per heavy atom. The molecule has 5 rings (SSSR count). The van der Waals surface area contributed by atoms with Crippen molar-refractivity contribution < 1.29 is 14.6 Å². The number of para-hydroxylation sites is 1. The highest BCUT2D eigenvalue weighted by Crippen LogP contribution is 2.59. The van der Waals surface area contributed by atoms with Crippen LogP contribution in [0.4, 0.5) is 0 Å². The van der Waals surface area contributed by atoms with E-state index in [1.54, 1.807) is 0 Å². The Labute approximate surface area is 152 Å². The average molecular weight is 352 g/mol. The number of ether oxygens (including phenoxy) is 1. The van der Waals surface area contributed by atoms with Gasteiger partial charge in [0.1, 0.15) is 6.23 Å². The minimum absolute atomic E-state index is 0.142. The lowest BCUT2D eigenvalue weighted by Gasteiger charge is -2.55. The summed E-state index contributed by atoms with van der Waals surface area (Å²) < 4.78 is 7.16. The van der Waals surface area contributed by atoms with Gasteiger partial charge in [-0.3, -0.25) is 0 Å². The van der Waals surface area contributed by atoms with Gasteiger partial charge in [-0.15, -0.1) is 0 Å². The van der Waals surface area contributed by atoms with Gasteiger partial charge in [-0.2, -0.15) is 0 Å². The van der Waals surface area contributed by atoms with Crippen LogP contribution in [0.15, 0.2) is 36.0 Å². The maximum absolute atomic E-state index is 12.3. The molecular weight excluding hydrogens is 328 g/mol. The number of carbonyl (C=O) groups excluding carboxylic acids is 1. The van der Waals surface area contributed by atoms with Crippen LogP contribution in [-0.4, -0.2) is 34.2 Å². The number of esters is 1. The van der Waals surface area contributed by atoms with E-state index in [1.165, 1.54) is 23.8 Å². The monoisotopic (exact) mass is 352 g/mol. The molecule has 0 aliphatic carbocycles. The summed E-state index contributed by atoms with van der Waals surface area (Å²) in [5, 5.41) is 12.4. The maximum Gasteiger partial charge on any atom is 0.335 e. The summed E-state index contributed by atoms with van der Waals surface area (Å²) in [5.41, 5.74) is 4.33. The molecule has 5 nitrogen and oxygen atoms in total. The summed E-state index contributed by atoms with van der Waals surface area (Å²) >= 11 is 0. The average Bonchev–Trinajstić information content (AvgIpc) is 3.01. The summed E-state index contributed by atoms with van der Waals surface area (Å²) in [6.07, 6.45) is 4.61. The Bertz CT molecular complexity index is 944. The van der Waals surface area contributed by atoms with Crippen molar-refractivity contribution in [3.63, 3.8) is 0 Å². The number of aliphatic hydroxyl groups is 1. The number of hydrogen-bond acceptors (Lipinski definition) is 4. The molecule has 1 aromatic heterocycles. The molecular formula is C21H24N2O3. The zero-order valence-corrected chi connectivity index (χ0v) is 15.2. The molecule has 0 amide bonds. The molecule has 0 saturated heterocycles. The summed E-state index contributed by atoms with van der Waals surface area (Å²) in [6, 6.07) is 8.61. The topological polar surface area (TPSA) is 54.7 Å². The molecule has 4 heterocycles. The molecule has 5 heteroatoms. The molecule has 0 spiro atoms. The fourth-order valence-electron chi connectivity index (χ4n) is 5.62. The molecule has 3 atom stereocenters. The molecule has 136 valence electrons. The van der Waals surface area contributed by atoms with Crippen LogP contribution in [0.2, 0.25) is 0 Å². The lowest BCUT2D eigenvalue weighted by Crippen LogP contribution is -2.51. The number of rotatable bonds is 2. The van der Waals surface area contributed by atoms with E-state index in [1.807, 2.05) is 12.3 Å². The smallest absolute Gasteiger partial charge is 0.335 e. The van der Waals surface area contributed by atoms with Crippen molar-refractivity contribution in [2.75, 3.05) is 13.7 Å². The molecule has 0 saturated carbocycles. The third kappa shape index (κ3) is 1.87. The van der Waals surface area contributed by atoms with Crippen molar-refractivity contribution in [3.8, 4) is 0 Å². The van der Waals surface area contributed by atoms with Gasteiger partial charge in [-0.05, 0) is 30.9 Å². The van der Waals surface area contributed by atoms with Gasteiger partial charge in [0.25, 0.3) is 0 Å². The third-order valence-corrected chi connectivity index (χ3v) is 6.75. The molecule has 3 aliphatic rings. The highest BCUT2D eigenvalue weighted by atomic mass is 16.5. The second-order valence-corrected chi connectivity index (χ2v) is 7.86. The first-order valence-corrected chi connectivity index (χ1v) is 9.44. The molecule has 1 N–H and O–H groups in total. The van der Waals surface area contributed by atoms with Gasteiger partial charge < -0.3 is 19.3 Å². The van der Waals surface area contributed by atoms with Crippen LogP contribution in [0, 0.1) is 5.41 Å². The fourth-order valence-corrected chi connectivity index (χ4v) is 5.62. The Kier molecular flexibility index (Phi) is 3.29. The minimum Gasteiger partial charge on any atom is -0.466 e. The number of benzene rings is 1. The van der Waals surface area contributed by atoms with Crippen molar-refractivity contribution in [1.82, 2.24) is 9.47 Å². The number of aromatic nitrogens is 1. The maximum atomic E-state index is 12.3. The van der Waals surface area contributed by atoms with Gasteiger partial charge in [0.15, 0.2) is 0 Å². The summed E-state index contributed by atoms with van der Waals surface area (Å²) in [7, 11) is 1.44. The van der Waals surface area contributed by atoms with Crippen molar-refractivity contribution in [2.24, 2.45) is 5.41 Å². The Morgan fingerprint density at radius 1 is 1.38 bits per heavy atom. The summed E-state index contributed by atoms with van der Waals surface area (Å²) in [4.78, 5) is 14.6. The SMILES string of the molecule is CC[C@@]12CC(C(=O)OC)=CN3CCc4c(n(c5ccccc45)C(O)C1)[C@H]32. The van der Waals surface area contributed by atoms with E-state index in [4.69, 9.17) is 4.74 Å². The standard InChI is InChI=1S/C21H24N2O3/c1-3-21-10-13(20(25)26-2)12-22-9-8-15-14-6-4-5-7-16(14)23(17(24)11-21)18(15)19(21)22/h4-7,12,17,19,24H,3,8-11H2,1-2H3/t17?,19-,21+/m0/s1. The first-order chi connectivity index (χ1) is 12.6. The Hall–Kier alpha value is -2.27. The van der Waals surface area contributed by atoms with Gasteiger partial charge >= 0.3 is 5.97 Å². The van der Waals surface area contributed by atoms with Crippen LogP contribution < -0.4 is 0 Å². The van der Waals surface area contributed by atoms with E-state index in [9.17, 15) is 9.90 Å². The lowest BCUT2D eigenvalue weighted by molar-refractivity contribution is -0.138. The fraction of sp³-hybridized carbons (Fsp3) is 0.476. The number of fused-ring (bicyclic) bond motifs is 3. The normalized spacial score (nSPS) is 29.3. The van der Waals surface area contributed by atoms with E-state index < -0.39 is 6.23 Å². The van der Waals surface area contributed by atoms with Gasteiger partial charge in [-0.1, -0.05) is 25.1 Å². The lowest BCUT2D eigenvalue weighted by atomic mass is 9.64. The number of nitrogens with zero attached hydrogens (tertiary/aromatic N) is 2. The van der Waals surface area contributed by atoms with Gasteiger partial charge in [0, 0.05) is 35.7 Å². The van der Waals surface area contributed by atoms with Crippen LogP contribution in [0.3, 0.4) is 0 Å². The van der Waals surface area contributed by atoms with Crippen molar-refractivity contribution in [3.05, 3.63) is 47.3 Å². The zero-order valence-electron chi connectivity index (χ0n) is 15.2. The van der Waals surface area contributed by atoms with Crippen molar-refractivity contribution in [1.29, 1.82) is 0 Å². The number of hydrogen-bond donors (Lipinski definition) is 1. The second kappa shape index (κ2) is 5.36. The quantitative estimate of drug-likeness (QED) is 0.843. The third-order valence-electron chi connectivity index (χ3n) is 6.75. The van der Waals surface area contributed by atoms with Crippen LogP contribution in [-0.2, 0) is 16.0 Å². The van der Waals surface area contributed by atoms with Gasteiger partial charge in [0.05, 0.1) is 24.2 Å². The Morgan fingerprint density at radius 2 is 2.19 bits per heavy atom. The van der Waals surface area contributed by atoms with E-state index in [0.717, 1.165) is 30.5 Å². The highest BCUT2D eigenvalue weighted by molar-refractivity contribution is 5.89. The molecule has 1 unspecified atom stereocenters. The molecule has 2 aromatic rings. The van der Waals surface area contributed by atoms with Crippen molar-refractivity contribution in [2.45, 2.75) is 44.9 Å². The molecule has 3 aliphatic heterocycles. The molecule has 0 radical (unpaired) electrons. The van der Waals surface area contributed by atoms with Crippen molar-refractivity contribution >= 4 is 16.9 Å². The summed E-state index contributed by atoms with van der Waals surface area (Å²) in [6.45, 7) is 3.07. The largest absolute Gasteiger partial charge is 0.466 e. The van der Waals surface area contributed by atoms with E-state index >= 15 is 0 Å². The van der Waals surface area contributed by atoms with E-state index in [2.05, 4.69) is 34.6 Å². The van der Waals surface area contributed by atoms with Crippen LogP contribution in [0.5, 0.6) is 0 Å². The van der Waals surface area contributed by atoms with Gasteiger partial charge in [-0.25, -0.2) is 4.79 Å². The number of carbonyl (C=O) groups is 1. The molecule has 0 fully saturated rings.